The van der Waals surface area contributed by atoms with Crippen LogP contribution >= 0.6 is 21.6 Å². The molecule has 0 radical (unpaired) electrons. The fourth-order valence-electron chi connectivity index (χ4n) is 6.00. The molecule has 1 aromatic heterocycles. The van der Waals surface area contributed by atoms with Crippen LogP contribution in [0.4, 0.5) is 11.4 Å². The maximum Gasteiger partial charge on any atom is 0.212 e. The van der Waals surface area contributed by atoms with Gasteiger partial charge in [-0.05, 0) is 64.2 Å². The highest BCUT2D eigenvalue weighted by Gasteiger charge is 2.19. The van der Waals surface area contributed by atoms with E-state index in [1.54, 1.807) is 0 Å². The third kappa shape index (κ3) is 8.36. The van der Waals surface area contributed by atoms with Crippen LogP contribution in [-0.2, 0) is 7.05 Å². The second-order valence-corrected chi connectivity index (χ2v) is 15.0. The van der Waals surface area contributed by atoms with Gasteiger partial charge in [-0.2, -0.15) is 0 Å². The van der Waals surface area contributed by atoms with E-state index in [0.29, 0.717) is 6.04 Å². The van der Waals surface area contributed by atoms with Gasteiger partial charge < -0.3 is 14.7 Å². The molecule has 1 atom stereocenters. The van der Waals surface area contributed by atoms with E-state index in [9.17, 15) is 0 Å². The molecule has 48 heavy (non-hydrogen) atoms. The first-order valence-electron chi connectivity index (χ1n) is 16.6. The number of fused-ring (bicyclic) bond motifs is 2. The van der Waals surface area contributed by atoms with Crippen molar-refractivity contribution < 1.29 is 4.57 Å². The molecule has 6 rings (SSSR count). The predicted molar refractivity (Wildman–Crippen MR) is 213 cm³/mol. The Morgan fingerprint density at radius 2 is 1.35 bits per heavy atom. The van der Waals surface area contributed by atoms with Crippen molar-refractivity contribution in [3.8, 4) is 0 Å². The van der Waals surface area contributed by atoms with Crippen molar-refractivity contribution >= 4 is 62.1 Å². The van der Waals surface area contributed by atoms with Crippen LogP contribution in [0.1, 0.15) is 16.7 Å². The van der Waals surface area contributed by atoms with Gasteiger partial charge in [-0.15, -0.1) is 0 Å². The van der Waals surface area contributed by atoms with E-state index in [-0.39, 0.29) is 0 Å². The molecule has 0 saturated heterocycles. The molecule has 1 unspecified atom stereocenters. The Morgan fingerprint density at radius 1 is 0.729 bits per heavy atom. The zero-order valence-electron chi connectivity index (χ0n) is 28.4. The van der Waals surface area contributed by atoms with Gasteiger partial charge >= 0.3 is 0 Å². The molecule has 0 saturated carbocycles. The number of rotatable bonds is 13. The Morgan fingerprint density at radius 3 is 2.02 bits per heavy atom. The molecule has 1 aliphatic carbocycles. The largest absolute Gasteiger partial charge is 0.374 e. The van der Waals surface area contributed by atoms with Gasteiger partial charge in [-0.3, -0.25) is 0 Å². The smallest absolute Gasteiger partial charge is 0.212 e. The molecular weight excluding hydrogens is 625 g/mol. The fourth-order valence-corrected chi connectivity index (χ4v) is 8.09. The van der Waals surface area contributed by atoms with E-state index in [1.165, 1.54) is 50.1 Å². The minimum absolute atomic E-state index is 0.324. The van der Waals surface area contributed by atoms with Gasteiger partial charge in [0.2, 0.25) is 5.52 Å². The zero-order chi connectivity index (χ0) is 33.3. The molecule has 4 nitrogen and oxygen atoms in total. The van der Waals surface area contributed by atoms with Crippen molar-refractivity contribution in [2.75, 3.05) is 55.5 Å². The minimum Gasteiger partial charge on any atom is -0.374 e. The van der Waals surface area contributed by atoms with Crippen LogP contribution in [0.15, 0.2) is 139 Å². The standard InChI is InChI=1S/C42H45N4S2/c1-43(37-21-15-33(16-22-37)13-19-35-25-27-45(3)41-11-7-5-9-39(35)41)29-31-47-48-32-30-44(2)38-23-17-34(18-24-38)14-20-36-26-28-46(4)42-12-8-6-10-40(36)42/h5-28,41H,29-32H2,1-4H3/q+1/b19-13+. The molecule has 6 heteroatoms. The highest BCUT2D eigenvalue weighted by molar-refractivity contribution is 8.76. The number of likely N-dealkylation sites (N-methyl/N-ethyl adjacent to an activating group) is 1. The fraction of sp³-hybridized carbons (Fsp3) is 0.214. The number of hydrogen-bond donors (Lipinski definition) is 0. The number of para-hydroxylation sites is 1. The predicted octanol–water partition coefficient (Wildman–Crippen LogP) is 9.05. The van der Waals surface area contributed by atoms with Crippen LogP contribution in [-0.4, -0.2) is 56.7 Å². The second-order valence-electron chi connectivity index (χ2n) is 12.3. The van der Waals surface area contributed by atoms with E-state index in [0.717, 1.165) is 24.6 Å². The summed E-state index contributed by atoms with van der Waals surface area (Å²) in [5, 5.41) is 1.27. The highest BCUT2D eigenvalue weighted by atomic mass is 33.1. The normalized spacial score (nSPS) is 15.7. The third-order valence-electron chi connectivity index (χ3n) is 9.01. The number of hydrogen-bond acceptors (Lipinski definition) is 5. The van der Waals surface area contributed by atoms with E-state index in [1.807, 2.05) is 21.6 Å². The zero-order valence-corrected chi connectivity index (χ0v) is 30.0. The molecule has 0 fully saturated rings. The molecule has 0 amide bonds. The van der Waals surface area contributed by atoms with Gasteiger partial charge in [-0.1, -0.05) is 107 Å². The SMILES string of the molecule is CN(CCSSCCN(C)c1ccc(/C=C/c2cc[n+](C)c3ccccc23)cc1)c1ccc(/C=C/C2=C3C=CC=CC3N(C)C=C2)cc1. The second kappa shape index (κ2) is 16.1. The summed E-state index contributed by atoms with van der Waals surface area (Å²) in [6.45, 7) is 2.04. The number of allylic oxidation sites excluding steroid dienone is 5. The average Bonchev–Trinajstić information content (AvgIpc) is 3.13. The van der Waals surface area contributed by atoms with Crippen molar-refractivity contribution in [2.24, 2.45) is 7.05 Å². The van der Waals surface area contributed by atoms with E-state index in [4.69, 9.17) is 0 Å². The molecule has 0 bridgehead atoms. The maximum atomic E-state index is 2.34. The Labute approximate surface area is 294 Å². The Bertz CT molecular complexity index is 1880. The minimum atomic E-state index is 0.324. The molecular formula is C42H45N4S2+. The van der Waals surface area contributed by atoms with Crippen LogP contribution < -0.4 is 14.4 Å². The van der Waals surface area contributed by atoms with Crippen molar-refractivity contribution in [2.45, 2.75) is 6.04 Å². The summed E-state index contributed by atoms with van der Waals surface area (Å²) in [6, 6.07) is 28.8. The van der Waals surface area contributed by atoms with Crippen LogP contribution in [0.5, 0.6) is 0 Å². The molecule has 2 heterocycles. The maximum absolute atomic E-state index is 2.34. The topological polar surface area (TPSA) is 13.6 Å². The van der Waals surface area contributed by atoms with Crippen molar-refractivity contribution in [3.63, 3.8) is 0 Å². The summed E-state index contributed by atoms with van der Waals surface area (Å²) in [5.41, 5.74) is 10.0. The quantitative estimate of drug-likeness (QED) is 0.0799. The Balaban J connectivity index is 0.905. The number of pyridine rings is 1. The molecule has 0 spiro atoms. The van der Waals surface area contributed by atoms with Gasteiger partial charge in [0.1, 0.15) is 7.05 Å². The van der Waals surface area contributed by atoms with Crippen LogP contribution in [0.2, 0.25) is 0 Å². The Hall–Kier alpha value is -4.39. The molecule has 244 valence electrons. The monoisotopic (exact) mass is 669 g/mol. The van der Waals surface area contributed by atoms with Gasteiger partial charge in [0.15, 0.2) is 6.20 Å². The lowest BCUT2D eigenvalue weighted by atomic mass is 9.92. The first kappa shape index (κ1) is 33.5. The Kier molecular flexibility index (Phi) is 11.3. The van der Waals surface area contributed by atoms with Crippen LogP contribution in [0.3, 0.4) is 0 Å². The van der Waals surface area contributed by atoms with Crippen LogP contribution in [0, 0.1) is 0 Å². The van der Waals surface area contributed by atoms with Gasteiger partial charge in [0.25, 0.3) is 0 Å². The average molecular weight is 670 g/mol. The lowest BCUT2D eigenvalue weighted by molar-refractivity contribution is -0.644. The van der Waals surface area contributed by atoms with Crippen molar-refractivity contribution in [1.29, 1.82) is 0 Å². The van der Waals surface area contributed by atoms with Crippen molar-refractivity contribution in [3.05, 3.63) is 156 Å². The summed E-state index contributed by atoms with van der Waals surface area (Å²) in [7, 11) is 12.5. The van der Waals surface area contributed by atoms with Gasteiger partial charge in [0, 0.05) is 75.4 Å². The molecule has 0 N–H and O–H groups in total. The summed E-state index contributed by atoms with van der Waals surface area (Å²) < 4.78 is 2.17. The first-order chi connectivity index (χ1) is 23.5. The molecule has 4 aromatic rings. The number of anilines is 2. The molecule has 3 aromatic carbocycles. The number of benzene rings is 3. The van der Waals surface area contributed by atoms with Crippen molar-refractivity contribution in [1.82, 2.24) is 4.90 Å². The number of aryl methyl sites for hydroxylation is 1. The lowest BCUT2D eigenvalue weighted by Crippen LogP contribution is -2.30. The number of aromatic nitrogens is 1. The van der Waals surface area contributed by atoms with Gasteiger partial charge in [0.05, 0.1) is 11.4 Å². The lowest BCUT2D eigenvalue weighted by Gasteiger charge is -2.31. The first-order valence-corrected chi connectivity index (χ1v) is 19.0. The summed E-state index contributed by atoms with van der Waals surface area (Å²) in [6.07, 6.45) is 24.1. The van der Waals surface area contributed by atoms with E-state index in [2.05, 4.69) is 193 Å². The number of nitrogens with zero attached hydrogens (tertiary/aromatic N) is 4. The van der Waals surface area contributed by atoms with Crippen LogP contribution in [0.25, 0.3) is 29.1 Å². The van der Waals surface area contributed by atoms with E-state index < -0.39 is 0 Å². The molecule has 2 aliphatic rings. The summed E-state index contributed by atoms with van der Waals surface area (Å²) in [5.74, 6) is 2.17. The highest BCUT2D eigenvalue weighted by Crippen LogP contribution is 2.28. The summed E-state index contributed by atoms with van der Waals surface area (Å²) in [4.78, 5) is 6.94. The van der Waals surface area contributed by atoms with E-state index >= 15 is 0 Å². The summed E-state index contributed by atoms with van der Waals surface area (Å²) >= 11 is 0. The van der Waals surface area contributed by atoms with Gasteiger partial charge in [-0.25, -0.2) is 4.57 Å². The molecule has 1 aliphatic heterocycles. The third-order valence-corrected chi connectivity index (χ3v) is 11.4.